The zero-order valence-corrected chi connectivity index (χ0v) is 13.9. The number of aromatic nitrogens is 2. The molecule has 0 radical (unpaired) electrons. The first-order valence-electron chi connectivity index (χ1n) is 8.00. The number of hydrogen-bond acceptors (Lipinski definition) is 3. The number of nitrogens with zero attached hydrogens (tertiary/aromatic N) is 3. The van der Waals surface area contributed by atoms with Crippen LogP contribution in [-0.4, -0.2) is 28.0 Å². The summed E-state index contributed by atoms with van der Waals surface area (Å²) in [5.41, 5.74) is 2.27. The van der Waals surface area contributed by atoms with E-state index in [1.807, 2.05) is 6.07 Å². The molecule has 0 fully saturated rings. The lowest BCUT2D eigenvalue weighted by Crippen LogP contribution is -2.33. The van der Waals surface area contributed by atoms with Crippen molar-refractivity contribution in [1.29, 1.82) is 0 Å². The van der Waals surface area contributed by atoms with E-state index < -0.39 is 0 Å². The van der Waals surface area contributed by atoms with E-state index in [2.05, 4.69) is 67.6 Å². The van der Waals surface area contributed by atoms with E-state index >= 15 is 0 Å². The number of fused-ring (bicyclic) bond motifs is 1. The van der Waals surface area contributed by atoms with Gasteiger partial charge in [-0.15, -0.1) is 0 Å². The second kappa shape index (κ2) is 6.94. The minimum Gasteiger partial charge on any atom is -0.353 e. The van der Waals surface area contributed by atoms with Gasteiger partial charge in [0.2, 0.25) is 0 Å². The summed E-state index contributed by atoms with van der Waals surface area (Å²) in [6.45, 7) is 12.9. The van der Waals surface area contributed by atoms with Gasteiger partial charge in [-0.2, -0.15) is 0 Å². The Labute approximate surface area is 128 Å². The number of nitrogens with one attached hydrogen (secondary N) is 1. The first-order valence-corrected chi connectivity index (χ1v) is 8.00. The molecule has 0 aromatic carbocycles. The molecule has 0 saturated heterocycles. The molecule has 0 amide bonds. The van der Waals surface area contributed by atoms with E-state index in [4.69, 9.17) is 4.98 Å². The molecule has 0 unspecified atom stereocenters. The number of anilines is 1. The molecule has 2 aromatic rings. The molecule has 0 saturated carbocycles. The van der Waals surface area contributed by atoms with Crippen LogP contribution in [-0.2, 0) is 6.54 Å². The zero-order chi connectivity index (χ0) is 15.4. The van der Waals surface area contributed by atoms with Gasteiger partial charge in [0.15, 0.2) is 5.82 Å². The molecule has 116 valence electrons. The van der Waals surface area contributed by atoms with Gasteiger partial charge in [0.25, 0.3) is 0 Å². The van der Waals surface area contributed by atoms with Crippen molar-refractivity contribution < 1.29 is 0 Å². The highest BCUT2D eigenvalue weighted by Gasteiger charge is 2.19. The molecule has 0 spiro atoms. The van der Waals surface area contributed by atoms with E-state index in [9.17, 15) is 0 Å². The van der Waals surface area contributed by atoms with Gasteiger partial charge in [-0.3, -0.25) is 0 Å². The molecule has 0 aliphatic carbocycles. The van der Waals surface area contributed by atoms with Crippen LogP contribution in [0, 0.1) is 0 Å². The van der Waals surface area contributed by atoms with E-state index in [1.54, 1.807) is 0 Å². The lowest BCUT2D eigenvalue weighted by molar-refractivity contribution is 0.575. The number of imidazole rings is 1. The minimum absolute atomic E-state index is 0.452. The third-order valence-electron chi connectivity index (χ3n) is 3.65. The maximum Gasteiger partial charge on any atom is 0.152 e. The summed E-state index contributed by atoms with van der Waals surface area (Å²) in [7, 11) is 0. The Morgan fingerprint density at radius 1 is 1.24 bits per heavy atom. The smallest absolute Gasteiger partial charge is 0.152 e. The maximum atomic E-state index is 4.88. The van der Waals surface area contributed by atoms with Crippen LogP contribution in [0.15, 0.2) is 24.4 Å². The van der Waals surface area contributed by atoms with Crippen molar-refractivity contribution in [2.75, 3.05) is 11.4 Å². The number of rotatable bonds is 7. The monoisotopic (exact) mass is 288 g/mol. The summed E-state index contributed by atoms with van der Waals surface area (Å²) in [6.07, 6.45) is 3.23. The van der Waals surface area contributed by atoms with Crippen molar-refractivity contribution in [3.8, 4) is 0 Å². The molecule has 4 heteroatoms. The SMILES string of the molecule is CCCN(c1nc2ccccn2c1CNC(C)C)C(C)C. The van der Waals surface area contributed by atoms with Gasteiger partial charge in [-0.25, -0.2) is 4.98 Å². The molecule has 1 N–H and O–H groups in total. The summed E-state index contributed by atoms with van der Waals surface area (Å²) in [5.74, 6) is 1.12. The lowest BCUT2D eigenvalue weighted by atomic mass is 10.2. The predicted octanol–water partition coefficient (Wildman–Crippen LogP) is 3.46. The summed E-state index contributed by atoms with van der Waals surface area (Å²) in [6, 6.07) is 7.10. The Kier molecular flexibility index (Phi) is 5.23. The predicted molar refractivity (Wildman–Crippen MR) is 89.9 cm³/mol. The molecule has 0 aliphatic heterocycles. The number of hydrogen-bond donors (Lipinski definition) is 1. The Morgan fingerprint density at radius 3 is 2.62 bits per heavy atom. The van der Waals surface area contributed by atoms with Crippen LogP contribution in [0.1, 0.15) is 46.7 Å². The molecular formula is C17H28N4. The van der Waals surface area contributed by atoms with Crippen LogP contribution in [0.25, 0.3) is 5.65 Å². The van der Waals surface area contributed by atoms with E-state index in [0.29, 0.717) is 12.1 Å². The second-order valence-electron chi connectivity index (χ2n) is 6.13. The molecule has 0 atom stereocenters. The van der Waals surface area contributed by atoms with Crippen molar-refractivity contribution in [3.63, 3.8) is 0 Å². The molecule has 2 rings (SSSR count). The van der Waals surface area contributed by atoms with Crippen LogP contribution in [0.5, 0.6) is 0 Å². The van der Waals surface area contributed by atoms with Crippen molar-refractivity contribution in [2.24, 2.45) is 0 Å². The highest BCUT2D eigenvalue weighted by Crippen LogP contribution is 2.24. The lowest BCUT2D eigenvalue weighted by Gasteiger charge is -2.27. The van der Waals surface area contributed by atoms with Gasteiger partial charge in [-0.1, -0.05) is 26.8 Å². The van der Waals surface area contributed by atoms with E-state index in [0.717, 1.165) is 31.0 Å². The van der Waals surface area contributed by atoms with Gasteiger partial charge in [0.1, 0.15) is 5.65 Å². The Bertz CT molecular complexity index is 571. The second-order valence-corrected chi connectivity index (χ2v) is 6.13. The summed E-state index contributed by atoms with van der Waals surface area (Å²) in [5, 5.41) is 3.53. The molecule has 2 aromatic heterocycles. The van der Waals surface area contributed by atoms with Gasteiger partial charge in [-0.05, 0) is 32.4 Å². The van der Waals surface area contributed by atoms with E-state index in [1.165, 1.54) is 5.69 Å². The van der Waals surface area contributed by atoms with Crippen molar-refractivity contribution in [3.05, 3.63) is 30.1 Å². The Balaban J connectivity index is 2.46. The van der Waals surface area contributed by atoms with Gasteiger partial charge < -0.3 is 14.6 Å². The van der Waals surface area contributed by atoms with Crippen LogP contribution in [0.2, 0.25) is 0 Å². The van der Waals surface area contributed by atoms with E-state index in [-0.39, 0.29) is 0 Å². The maximum absolute atomic E-state index is 4.88. The Morgan fingerprint density at radius 2 is 2.00 bits per heavy atom. The van der Waals surface area contributed by atoms with Gasteiger partial charge in [0, 0.05) is 31.4 Å². The fourth-order valence-electron chi connectivity index (χ4n) is 2.58. The average molecular weight is 288 g/mol. The average Bonchev–Trinajstić information content (AvgIpc) is 2.80. The van der Waals surface area contributed by atoms with Crippen molar-refractivity contribution in [1.82, 2.24) is 14.7 Å². The molecular weight excluding hydrogens is 260 g/mol. The Hall–Kier alpha value is -1.55. The highest BCUT2D eigenvalue weighted by molar-refractivity contribution is 5.56. The van der Waals surface area contributed by atoms with Gasteiger partial charge >= 0.3 is 0 Å². The molecule has 21 heavy (non-hydrogen) atoms. The third kappa shape index (κ3) is 3.56. The third-order valence-corrected chi connectivity index (χ3v) is 3.65. The van der Waals surface area contributed by atoms with Gasteiger partial charge in [0.05, 0.1) is 5.69 Å². The van der Waals surface area contributed by atoms with Crippen LogP contribution >= 0.6 is 0 Å². The van der Waals surface area contributed by atoms with Crippen molar-refractivity contribution >= 4 is 11.5 Å². The fourth-order valence-corrected chi connectivity index (χ4v) is 2.58. The van der Waals surface area contributed by atoms with Crippen molar-refractivity contribution in [2.45, 2.75) is 59.7 Å². The largest absolute Gasteiger partial charge is 0.353 e. The summed E-state index contributed by atoms with van der Waals surface area (Å²) in [4.78, 5) is 7.29. The highest BCUT2D eigenvalue weighted by atomic mass is 15.2. The first-order chi connectivity index (χ1) is 10.0. The molecule has 0 aliphatic rings. The van der Waals surface area contributed by atoms with Crippen LogP contribution in [0.4, 0.5) is 5.82 Å². The topological polar surface area (TPSA) is 32.6 Å². The standard InChI is InChI=1S/C17H28N4/c1-6-10-20(14(4)5)17-15(12-18-13(2)3)21-11-8-7-9-16(21)19-17/h7-9,11,13-14,18H,6,10,12H2,1-5H3. The normalized spacial score (nSPS) is 11.8. The fraction of sp³-hybridized carbons (Fsp3) is 0.588. The first kappa shape index (κ1) is 15.8. The van der Waals surface area contributed by atoms with Crippen LogP contribution < -0.4 is 10.2 Å². The van der Waals surface area contributed by atoms with Crippen LogP contribution in [0.3, 0.4) is 0 Å². The minimum atomic E-state index is 0.452. The zero-order valence-electron chi connectivity index (χ0n) is 13.9. The molecule has 4 nitrogen and oxygen atoms in total. The quantitative estimate of drug-likeness (QED) is 0.847. The molecule has 2 heterocycles. The number of pyridine rings is 1. The summed E-state index contributed by atoms with van der Waals surface area (Å²) < 4.78 is 2.20. The summed E-state index contributed by atoms with van der Waals surface area (Å²) >= 11 is 0. The molecule has 0 bridgehead atoms.